The van der Waals surface area contributed by atoms with Gasteiger partial charge in [-0.25, -0.2) is 4.98 Å². The van der Waals surface area contributed by atoms with Gasteiger partial charge in [0, 0.05) is 18.2 Å². The van der Waals surface area contributed by atoms with Crippen molar-refractivity contribution in [3.8, 4) is 5.75 Å². The molecule has 5 nitrogen and oxygen atoms in total. The molecule has 1 N–H and O–H groups in total. The van der Waals surface area contributed by atoms with Gasteiger partial charge in [-0.1, -0.05) is 18.2 Å². The summed E-state index contributed by atoms with van der Waals surface area (Å²) in [7, 11) is 3.60. The summed E-state index contributed by atoms with van der Waals surface area (Å²) >= 11 is 0. The van der Waals surface area contributed by atoms with E-state index in [1.165, 1.54) is 0 Å². The fraction of sp³-hybridized carbons (Fsp3) is 0.300. The number of hydrogen-bond acceptors (Lipinski definition) is 3. The number of nitrogens with zero attached hydrogens (tertiary/aromatic N) is 2. The zero-order valence-corrected chi connectivity index (χ0v) is 15.3. The first kappa shape index (κ1) is 17.0. The number of amides is 1. The number of imidazole rings is 1. The number of carbonyl (C=O) groups is 1. The van der Waals surface area contributed by atoms with Crippen LogP contribution in [0.15, 0.2) is 42.5 Å². The molecular weight excluding hydrogens is 314 g/mol. The molecule has 25 heavy (non-hydrogen) atoms. The van der Waals surface area contributed by atoms with E-state index < -0.39 is 5.54 Å². The van der Waals surface area contributed by atoms with Crippen LogP contribution < -0.4 is 10.1 Å². The van der Waals surface area contributed by atoms with Crippen molar-refractivity contribution in [3.63, 3.8) is 0 Å². The maximum Gasteiger partial charge on any atom is 0.252 e. The Bertz CT molecular complexity index is 941. The lowest BCUT2D eigenvalue weighted by Crippen LogP contribution is -2.41. The Balaban J connectivity index is 1.90. The van der Waals surface area contributed by atoms with Crippen molar-refractivity contribution in [3.05, 3.63) is 59.4 Å². The van der Waals surface area contributed by atoms with Gasteiger partial charge in [0.25, 0.3) is 5.91 Å². The summed E-state index contributed by atoms with van der Waals surface area (Å²) in [5, 5.41) is 3.10. The minimum atomic E-state index is -0.571. The van der Waals surface area contributed by atoms with E-state index in [1.54, 1.807) is 7.11 Å². The van der Waals surface area contributed by atoms with Crippen molar-refractivity contribution < 1.29 is 9.53 Å². The van der Waals surface area contributed by atoms with Crippen molar-refractivity contribution >= 4 is 16.9 Å². The standard InChI is InChI=1S/C20H23N3O2/c1-13-21-16-12-14(10-11-17(16)23(13)4)19(24)22-20(2,3)15-8-6-7-9-18(15)25-5/h6-12H,1-5H3,(H,22,24). The third-order valence-electron chi connectivity index (χ3n) is 4.57. The van der Waals surface area contributed by atoms with Crippen molar-refractivity contribution in [2.24, 2.45) is 7.05 Å². The maximum absolute atomic E-state index is 12.8. The Morgan fingerprint density at radius 1 is 1.20 bits per heavy atom. The van der Waals surface area contributed by atoms with Crippen molar-refractivity contribution in [2.75, 3.05) is 7.11 Å². The van der Waals surface area contributed by atoms with E-state index in [4.69, 9.17) is 4.74 Å². The van der Waals surface area contributed by atoms with Crippen LogP contribution in [0, 0.1) is 6.92 Å². The highest BCUT2D eigenvalue weighted by atomic mass is 16.5. The van der Waals surface area contributed by atoms with Gasteiger partial charge in [0.1, 0.15) is 11.6 Å². The Morgan fingerprint density at radius 2 is 1.92 bits per heavy atom. The molecule has 1 aromatic heterocycles. The van der Waals surface area contributed by atoms with Gasteiger partial charge < -0.3 is 14.6 Å². The molecular formula is C20H23N3O2. The average Bonchev–Trinajstić information content (AvgIpc) is 2.88. The second-order valence-corrected chi connectivity index (χ2v) is 6.70. The number of ether oxygens (including phenoxy) is 1. The molecule has 2 aromatic carbocycles. The average molecular weight is 337 g/mol. The molecule has 130 valence electrons. The minimum absolute atomic E-state index is 0.138. The number of methoxy groups -OCH3 is 1. The van der Waals surface area contributed by atoms with Crippen LogP contribution in [0.5, 0.6) is 5.75 Å². The molecule has 0 fully saturated rings. The van der Waals surface area contributed by atoms with Gasteiger partial charge in [0.05, 0.1) is 23.7 Å². The largest absolute Gasteiger partial charge is 0.496 e. The minimum Gasteiger partial charge on any atom is -0.496 e. The number of benzene rings is 2. The lowest BCUT2D eigenvalue weighted by molar-refractivity contribution is 0.0911. The van der Waals surface area contributed by atoms with Crippen molar-refractivity contribution in [2.45, 2.75) is 26.3 Å². The molecule has 0 atom stereocenters. The predicted molar refractivity (Wildman–Crippen MR) is 98.9 cm³/mol. The molecule has 3 aromatic rings. The van der Waals surface area contributed by atoms with Crippen LogP contribution in [0.2, 0.25) is 0 Å². The number of nitrogens with one attached hydrogen (secondary N) is 1. The molecule has 3 rings (SSSR count). The third kappa shape index (κ3) is 3.09. The van der Waals surface area contributed by atoms with Gasteiger partial charge in [-0.2, -0.15) is 0 Å². The number of aryl methyl sites for hydroxylation is 2. The van der Waals surface area contributed by atoms with Crippen molar-refractivity contribution in [1.82, 2.24) is 14.9 Å². The second kappa shape index (κ2) is 6.24. The fourth-order valence-corrected chi connectivity index (χ4v) is 3.05. The molecule has 1 heterocycles. The summed E-state index contributed by atoms with van der Waals surface area (Å²) in [4.78, 5) is 17.3. The summed E-state index contributed by atoms with van der Waals surface area (Å²) in [6.07, 6.45) is 0. The Morgan fingerprint density at radius 3 is 2.64 bits per heavy atom. The van der Waals surface area contributed by atoms with Gasteiger partial charge in [0.2, 0.25) is 0 Å². The molecule has 0 saturated carbocycles. The molecule has 1 amide bonds. The number of fused-ring (bicyclic) bond motifs is 1. The van der Waals surface area contributed by atoms with Gasteiger partial charge >= 0.3 is 0 Å². The molecule has 0 unspecified atom stereocenters. The van der Waals surface area contributed by atoms with Gasteiger partial charge in [-0.15, -0.1) is 0 Å². The molecule has 0 aliphatic carbocycles. The first-order valence-electron chi connectivity index (χ1n) is 8.22. The van der Waals surface area contributed by atoms with Crippen LogP contribution in [-0.4, -0.2) is 22.6 Å². The smallest absolute Gasteiger partial charge is 0.252 e. The lowest BCUT2D eigenvalue weighted by atomic mass is 9.93. The summed E-state index contributed by atoms with van der Waals surface area (Å²) in [5.41, 5.74) is 2.79. The molecule has 0 saturated heterocycles. The van der Waals surface area contributed by atoms with E-state index in [0.29, 0.717) is 5.56 Å². The summed E-state index contributed by atoms with van der Waals surface area (Å²) in [6, 6.07) is 13.3. The zero-order valence-electron chi connectivity index (χ0n) is 15.3. The molecule has 0 spiro atoms. The van der Waals surface area contributed by atoms with Crippen LogP contribution in [0.4, 0.5) is 0 Å². The third-order valence-corrected chi connectivity index (χ3v) is 4.57. The maximum atomic E-state index is 12.8. The zero-order chi connectivity index (χ0) is 18.2. The Labute approximate surface area is 147 Å². The fourth-order valence-electron chi connectivity index (χ4n) is 3.05. The number of aromatic nitrogens is 2. The highest BCUT2D eigenvalue weighted by molar-refractivity contribution is 5.98. The van der Waals surface area contributed by atoms with Gasteiger partial charge in [-0.05, 0) is 45.0 Å². The summed E-state index contributed by atoms with van der Waals surface area (Å²) in [5.74, 6) is 1.53. The van der Waals surface area contributed by atoms with Crippen LogP contribution in [0.1, 0.15) is 35.6 Å². The highest BCUT2D eigenvalue weighted by Gasteiger charge is 2.26. The molecule has 5 heteroatoms. The Hall–Kier alpha value is -2.82. The van der Waals surface area contributed by atoms with E-state index >= 15 is 0 Å². The van der Waals surface area contributed by atoms with E-state index in [9.17, 15) is 4.79 Å². The van der Waals surface area contributed by atoms with E-state index in [-0.39, 0.29) is 5.91 Å². The van der Waals surface area contributed by atoms with Crippen LogP contribution in [0.3, 0.4) is 0 Å². The normalized spacial score (nSPS) is 11.6. The molecule has 0 aliphatic heterocycles. The van der Waals surface area contributed by atoms with Gasteiger partial charge in [-0.3, -0.25) is 4.79 Å². The predicted octanol–water partition coefficient (Wildman–Crippen LogP) is 3.56. The number of rotatable bonds is 4. The molecule has 0 radical (unpaired) electrons. The van der Waals surface area contributed by atoms with Crippen LogP contribution in [-0.2, 0) is 12.6 Å². The molecule has 0 aliphatic rings. The first-order valence-corrected chi connectivity index (χ1v) is 8.22. The lowest BCUT2D eigenvalue weighted by Gasteiger charge is -2.28. The topological polar surface area (TPSA) is 56.1 Å². The molecule has 0 bridgehead atoms. The monoisotopic (exact) mass is 337 g/mol. The number of carbonyl (C=O) groups excluding carboxylic acids is 1. The SMILES string of the molecule is COc1ccccc1C(C)(C)NC(=O)c1ccc2c(c1)nc(C)n2C. The number of hydrogen-bond donors (Lipinski definition) is 1. The van der Waals surface area contributed by atoms with E-state index in [1.807, 2.05) is 74.9 Å². The van der Waals surface area contributed by atoms with Crippen LogP contribution in [0.25, 0.3) is 11.0 Å². The quantitative estimate of drug-likeness (QED) is 0.792. The van der Waals surface area contributed by atoms with E-state index in [0.717, 1.165) is 28.2 Å². The second-order valence-electron chi connectivity index (χ2n) is 6.70. The number of para-hydroxylation sites is 1. The van der Waals surface area contributed by atoms with Crippen molar-refractivity contribution in [1.29, 1.82) is 0 Å². The summed E-state index contributed by atoms with van der Waals surface area (Å²) < 4.78 is 7.44. The first-order chi connectivity index (χ1) is 11.8. The summed E-state index contributed by atoms with van der Waals surface area (Å²) in [6.45, 7) is 5.88. The Kier molecular flexibility index (Phi) is 4.25. The van der Waals surface area contributed by atoms with E-state index in [2.05, 4.69) is 10.3 Å². The highest BCUT2D eigenvalue weighted by Crippen LogP contribution is 2.29. The van der Waals surface area contributed by atoms with Crippen LogP contribution >= 0.6 is 0 Å². The van der Waals surface area contributed by atoms with Gasteiger partial charge in [0.15, 0.2) is 0 Å².